The fraction of sp³-hybridized carbons (Fsp3) is 0.400. The van der Waals surface area contributed by atoms with Crippen LogP contribution in [0.2, 0.25) is 5.02 Å². The molecular formula is C25H23ClN4O2S. The first-order valence-electron chi connectivity index (χ1n) is 11.6. The predicted octanol–water partition coefficient (Wildman–Crippen LogP) is 3.85. The van der Waals surface area contributed by atoms with Crippen molar-refractivity contribution in [3.63, 3.8) is 0 Å². The Morgan fingerprint density at radius 2 is 1.94 bits per heavy atom. The Kier molecular flexibility index (Phi) is 4.39. The number of aromatic nitrogens is 1. The number of carbonyl (C=O) groups excluding carboxylic acids is 2. The maximum absolute atomic E-state index is 12.5. The first-order chi connectivity index (χ1) is 16.1. The highest BCUT2D eigenvalue weighted by molar-refractivity contribution is 7.19. The monoisotopic (exact) mass is 478 g/mol. The van der Waals surface area contributed by atoms with Gasteiger partial charge in [0, 0.05) is 52.5 Å². The second kappa shape index (κ2) is 7.26. The van der Waals surface area contributed by atoms with Gasteiger partial charge in [-0.2, -0.15) is 0 Å². The van der Waals surface area contributed by atoms with Gasteiger partial charge in [0.15, 0.2) is 0 Å². The third-order valence-corrected chi connectivity index (χ3v) is 8.87. The number of imide groups is 1. The van der Waals surface area contributed by atoms with Gasteiger partial charge >= 0.3 is 0 Å². The minimum absolute atomic E-state index is 0.00991. The largest absolute Gasteiger partial charge is 0.365 e. The van der Waals surface area contributed by atoms with Crippen LogP contribution in [0.5, 0.6) is 0 Å². The van der Waals surface area contributed by atoms with E-state index >= 15 is 0 Å². The van der Waals surface area contributed by atoms with Crippen molar-refractivity contribution in [1.29, 1.82) is 0 Å². The number of aryl methyl sites for hydroxylation is 1. The first kappa shape index (κ1) is 19.9. The predicted molar refractivity (Wildman–Crippen MR) is 130 cm³/mol. The van der Waals surface area contributed by atoms with E-state index in [4.69, 9.17) is 11.6 Å². The molecule has 1 aromatic carbocycles. The molecule has 4 aliphatic rings. The summed E-state index contributed by atoms with van der Waals surface area (Å²) in [5.74, 6) is -0.148. The SMILES string of the molecule is O=C1C2CC2C(=O)N1Cc1cc2nccc(-c3cc(Cl)cc4c3N(C3CNC3)CCC4)c2s1. The van der Waals surface area contributed by atoms with Gasteiger partial charge in [-0.3, -0.25) is 19.5 Å². The molecule has 6 nitrogen and oxygen atoms in total. The molecule has 1 aliphatic carbocycles. The molecule has 5 heterocycles. The van der Waals surface area contributed by atoms with Crippen LogP contribution in [0.1, 0.15) is 23.3 Å². The Bertz CT molecular complexity index is 1310. The number of amides is 2. The highest BCUT2D eigenvalue weighted by Crippen LogP contribution is 2.48. The van der Waals surface area contributed by atoms with Gasteiger partial charge in [0.25, 0.3) is 0 Å². The van der Waals surface area contributed by atoms with E-state index in [2.05, 4.69) is 33.4 Å². The number of halogens is 1. The topological polar surface area (TPSA) is 65.5 Å². The van der Waals surface area contributed by atoms with Crippen LogP contribution in [0.3, 0.4) is 0 Å². The highest BCUT2D eigenvalue weighted by Gasteiger charge is 2.58. The Morgan fingerprint density at radius 1 is 1.12 bits per heavy atom. The number of carbonyl (C=O) groups is 2. The fourth-order valence-corrected chi connectivity index (χ4v) is 7.01. The van der Waals surface area contributed by atoms with Gasteiger partial charge in [-0.15, -0.1) is 11.3 Å². The van der Waals surface area contributed by atoms with E-state index in [1.165, 1.54) is 16.2 Å². The number of fused-ring (bicyclic) bond motifs is 3. The lowest BCUT2D eigenvalue weighted by molar-refractivity contribution is -0.141. The molecule has 2 amide bonds. The molecule has 0 spiro atoms. The smallest absolute Gasteiger partial charge is 0.233 e. The molecule has 1 N–H and O–H groups in total. The molecule has 0 bridgehead atoms. The number of nitrogens with one attached hydrogen (secondary N) is 1. The molecule has 2 atom stereocenters. The van der Waals surface area contributed by atoms with Crippen molar-refractivity contribution >= 4 is 50.7 Å². The van der Waals surface area contributed by atoms with E-state index < -0.39 is 0 Å². The average molecular weight is 479 g/mol. The van der Waals surface area contributed by atoms with Crippen molar-refractivity contribution in [3.8, 4) is 11.1 Å². The molecule has 7 rings (SSSR count). The van der Waals surface area contributed by atoms with Gasteiger partial charge in [0.05, 0.1) is 34.6 Å². The van der Waals surface area contributed by atoms with E-state index in [0.717, 1.165) is 70.1 Å². The number of hydrogen-bond acceptors (Lipinski definition) is 6. The highest BCUT2D eigenvalue weighted by atomic mass is 35.5. The van der Waals surface area contributed by atoms with Crippen LogP contribution < -0.4 is 10.2 Å². The number of hydrogen-bond donors (Lipinski definition) is 1. The van der Waals surface area contributed by atoms with Crippen LogP contribution in [-0.4, -0.2) is 47.4 Å². The third-order valence-electron chi connectivity index (χ3n) is 7.51. The molecule has 3 aromatic rings. The number of pyridine rings is 1. The van der Waals surface area contributed by atoms with E-state index in [1.54, 1.807) is 11.3 Å². The summed E-state index contributed by atoms with van der Waals surface area (Å²) in [5.41, 5.74) is 5.78. The summed E-state index contributed by atoms with van der Waals surface area (Å²) >= 11 is 8.23. The molecule has 2 aromatic heterocycles. The standard InChI is InChI=1S/C25H23ClN4O2S/c26-14-6-13-2-1-5-29(15-10-27-11-15)22(13)18(7-14)17-3-4-28-21-8-16(33-23(17)21)12-30-24(31)19-9-20(19)25(30)32/h3-4,6-8,15,19-20,27H,1-2,5,9-12H2. The summed E-state index contributed by atoms with van der Waals surface area (Å²) in [5, 5.41) is 4.16. The summed E-state index contributed by atoms with van der Waals surface area (Å²) in [7, 11) is 0. The number of thiophene rings is 1. The summed E-state index contributed by atoms with van der Waals surface area (Å²) in [6, 6.07) is 8.81. The Balaban J connectivity index is 1.32. The zero-order chi connectivity index (χ0) is 22.3. The van der Waals surface area contributed by atoms with Crippen molar-refractivity contribution in [2.45, 2.75) is 31.8 Å². The van der Waals surface area contributed by atoms with Crippen LogP contribution in [0, 0.1) is 11.8 Å². The molecule has 0 radical (unpaired) electrons. The van der Waals surface area contributed by atoms with E-state index in [9.17, 15) is 9.59 Å². The number of rotatable bonds is 4. The van der Waals surface area contributed by atoms with E-state index in [-0.39, 0.29) is 23.7 Å². The van der Waals surface area contributed by atoms with Crippen molar-refractivity contribution in [2.24, 2.45) is 11.8 Å². The quantitative estimate of drug-likeness (QED) is 0.577. The lowest BCUT2D eigenvalue weighted by Gasteiger charge is -2.44. The van der Waals surface area contributed by atoms with Crippen LogP contribution >= 0.6 is 22.9 Å². The lowest BCUT2D eigenvalue weighted by atomic mass is 9.92. The van der Waals surface area contributed by atoms with E-state index in [0.29, 0.717) is 12.6 Å². The molecule has 2 unspecified atom stereocenters. The first-order valence-corrected chi connectivity index (χ1v) is 12.8. The van der Waals surface area contributed by atoms with Gasteiger partial charge in [0.2, 0.25) is 11.8 Å². The van der Waals surface area contributed by atoms with Gasteiger partial charge in [-0.1, -0.05) is 11.6 Å². The van der Waals surface area contributed by atoms with E-state index in [1.807, 2.05) is 12.3 Å². The fourth-order valence-electron chi connectivity index (χ4n) is 5.64. The van der Waals surface area contributed by atoms with Gasteiger partial charge < -0.3 is 10.2 Å². The maximum Gasteiger partial charge on any atom is 0.233 e. The van der Waals surface area contributed by atoms with Gasteiger partial charge in [0.1, 0.15) is 0 Å². The number of likely N-dealkylation sites (tertiary alicyclic amines) is 1. The Morgan fingerprint density at radius 3 is 2.70 bits per heavy atom. The van der Waals surface area contributed by atoms with Gasteiger partial charge in [-0.25, -0.2) is 0 Å². The molecule has 3 aliphatic heterocycles. The Labute approximate surface area is 200 Å². The molecular weight excluding hydrogens is 456 g/mol. The average Bonchev–Trinajstić information content (AvgIpc) is 3.40. The van der Waals surface area contributed by atoms with Crippen LogP contribution in [0.25, 0.3) is 21.3 Å². The number of benzene rings is 1. The molecule has 2 saturated heterocycles. The third kappa shape index (κ3) is 3.06. The second-order valence-electron chi connectivity index (χ2n) is 9.57. The normalized spacial score (nSPS) is 24.3. The van der Waals surface area contributed by atoms with Crippen LogP contribution in [0.15, 0.2) is 30.5 Å². The van der Waals surface area contributed by atoms with Crippen molar-refractivity contribution in [2.75, 3.05) is 24.5 Å². The summed E-state index contributed by atoms with van der Waals surface area (Å²) in [6.07, 6.45) is 4.75. The van der Waals surface area contributed by atoms with Crippen molar-refractivity contribution in [1.82, 2.24) is 15.2 Å². The maximum atomic E-state index is 12.5. The van der Waals surface area contributed by atoms with Crippen molar-refractivity contribution in [3.05, 3.63) is 45.9 Å². The van der Waals surface area contributed by atoms with Crippen molar-refractivity contribution < 1.29 is 9.59 Å². The summed E-state index contributed by atoms with van der Waals surface area (Å²) < 4.78 is 1.08. The lowest BCUT2D eigenvalue weighted by Crippen LogP contribution is -2.58. The zero-order valence-corrected chi connectivity index (χ0v) is 19.6. The van der Waals surface area contributed by atoms with Crippen LogP contribution in [0.4, 0.5) is 5.69 Å². The molecule has 1 saturated carbocycles. The minimum Gasteiger partial charge on any atom is -0.365 e. The summed E-state index contributed by atoms with van der Waals surface area (Å²) in [6.45, 7) is 3.42. The summed E-state index contributed by atoms with van der Waals surface area (Å²) in [4.78, 5) is 34.5. The molecule has 33 heavy (non-hydrogen) atoms. The molecule has 168 valence electrons. The molecule has 8 heteroatoms. The zero-order valence-electron chi connectivity index (χ0n) is 18.0. The number of piperidine rings is 1. The Hall–Kier alpha value is -2.48. The second-order valence-corrected chi connectivity index (χ2v) is 11.1. The minimum atomic E-state index is -0.0643. The van der Waals surface area contributed by atoms with Gasteiger partial charge in [-0.05, 0) is 49.1 Å². The number of anilines is 1. The molecule has 3 fully saturated rings. The van der Waals surface area contributed by atoms with Crippen LogP contribution in [-0.2, 0) is 22.6 Å². The number of nitrogens with zero attached hydrogens (tertiary/aromatic N) is 3.